The molecular weight excluding hydrogens is 458 g/mol. The van der Waals surface area contributed by atoms with Crippen LogP contribution in [-0.4, -0.2) is 25.0 Å². The molecule has 3 N–H and O–H groups in total. The number of aliphatic imine (C=N–C) groups is 1. The molecule has 0 saturated carbocycles. The van der Waals surface area contributed by atoms with Crippen molar-refractivity contribution in [3.63, 3.8) is 0 Å². The van der Waals surface area contributed by atoms with Crippen molar-refractivity contribution in [1.82, 2.24) is 10.6 Å². The Bertz CT molecular complexity index is 812. The number of carbonyl (C=O) groups is 1. The van der Waals surface area contributed by atoms with Gasteiger partial charge in [-0.05, 0) is 36.2 Å². The molecule has 3 rings (SSSR count). The quantitative estimate of drug-likeness (QED) is 0.347. The predicted molar refractivity (Wildman–Crippen MR) is 117 cm³/mol. The maximum Gasteiger partial charge on any atom is 0.225 e. The third-order valence-corrected chi connectivity index (χ3v) is 4.28. The fourth-order valence-corrected chi connectivity index (χ4v) is 3.05. The van der Waals surface area contributed by atoms with Crippen LogP contribution in [0.2, 0.25) is 0 Å². The number of amides is 1. The maximum absolute atomic E-state index is 13.3. The van der Waals surface area contributed by atoms with Gasteiger partial charge in [-0.1, -0.05) is 30.3 Å². The minimum atomic E-state index is -0.263. The first-order valence-corrected chi connectivity index (χ1v) is 8.81. The second-order valence-electron chi connectivity index (χ2n) is 6.24. The molecule has 0 aliphatic carbocycles. The monoisotopic (exact) mass is 482 g/mol. The topological polar surface area (TPSA) is 65.5 Å². The van der Waals surface area contributed by atoms with Gasteiger partial charge in [-0.2, -0.15) is 0 Å². The van der Waals surface area contributed by atoms with Crippen LogP contribution in [0.15, 0.2) is 53.5 Å². The summed E-state index contributed by atoms with van der Waals surface area (Å²) >= 11 is 0. The number of para-hydroxylation sites is 1. The molecule has 0 aromatic heterocycles. The van der Waals surface area contributed by atoms with Crippen LogP contribution in [0, 0.1) is 5.82 Å². The summed E-state index contributed by atoms with van der Waals surface area (Å²) in [5.74, 6) is 0.496. The Hall–Kier alpha value is -2.16. The van der Waals surface area contributed by atoms with Crippen LogP contribution in [0.1, 0.15) is 30.4 Å². The summed E-state index contributed by atoms with van der Waals surface area (Å²) in [6, 6.07) is 14.3. The van der Waals surface area contributed by atoms with E-state index in [0.29, 0.717) is 25.5 Å². The van der Waals surface area contributed by atoms with Crippen molar-refractivity contribution in [2.75, 3.05) is 18.4 Å². The number of nitrogens with one attached hydrogen (secondary N) is 3. The zero-order valence-corrected chi connectivity index (χ0v) is 17.5. The van der Waals surface area contributed by atoms with Gasteiger partial charge >= 0.3 is 0 Å². The van der Waals surface area contributed by atoms with Crippen molar-refractivity contribution in [2.45, 2.75) is 25.8 Å². The maximum atomic E-state index is 13.3. The normalized spacial score (nSPS) is 16.0. The van der Waals surface area contributed by atoms with Gasteiger partial charge < -0.3 is 16.0 Å². The van der Waals surface area contributed by atoms with Crippen LogP contribution in [0.25, 0.3) is 0 Å². The van der Waals surface area contributed by atoms with Crippen LogP contribution in [-0.2, 0) is 11.3 Å². The van der Waals surface area contributed by atoms with Crippen molar-refractivity contribution < 1.29 is 9.18 Å². The summed E-state index contributed by atoms with van der Waals surface area (Å²) < 4.78 is 13.3. The van der Waals surface area contributed by atoms with E-state index < -0.39 is 0 Å². The second-order valence-corrected chi connectivity index (χ2v) is 6.24. The van der Waals surface area contributed by atoms with E-state index >= 15 is 0 Å². The number of benzene rings is 2. The largest absolute Gasteiger partial charge is 0.357 e. The molecule has 7 heteroatoms. The molecule has 1 amide bonds. The number of nitrogens with zero attached hydrogens (tertiary/aromatic N) is 1. The number of anilines is 1. The average Bonchev–Trinajstić information content (AvgIpc) is 2.63. The Morgan fingerprint density at radius 2 is 2.04 bits per heavy atom. The van der Waals surface area contributed by atoms with Crippen LogP contribution >= 0.6 is 24.0 Å². The molecule has 144 valence electrons. The first-order chi connectivity index (χ1) is 12.7. The van der Waals surface area contributed by atoms with Gasteiger partial charge in [0.15, 0.2) is 5.96 Å². The minimum absolute atomic E-state index is 0. The molecule has 1 heterocycles. The first kappa shape index (κ1) is 21.1. The molecule has 0 fully saturated rings. The Kier molecular flexibility index (Phi) is 8.02. The minimum Gasteiger partial charge on any atom is -0.357 e. The predicted octanol–water partition coefficient (Wildman–Crippen LogP) is 3.62. The van der Waals surface area contributed by atoms with Crippen molar-refractivity contribution in [3.8, 4) is 0 Å². The summed E-state index contributed by atoms with van der Waals surface area (Å²) in [7, 11) is 0. The number of rotatable bonds is 5. The highest BCUT2D eigenvalue weighted by molar-refractivity contribution is 14.0. The zero-order valence-electron chi connectivity index (χ0n) is 15.2. The van der Waals surface area contributed by atoms with Gasteiger partial charge in [-0.25, -0.2) is 9.38 Å². The molecule has 2 aromatic rings. The molecule has 1 aliphatic rings. The highest BCUT2D eigenvalue weighted by Crippen LogP contribution is 2.31. The lowest BCUT2D eigenvalue weighted by molar-refractivity contribution is -0.116. The van der Waals surface area contributed by atoms with Crippen LogP contribution in [0.4, 0.5) is 10.1 Å². The van der Waals surface area contributed by atoms with E-state index in [-0.39, 0.29) is 41.6 Å². The fourth-order valence-electron chi connectivity index (χ4n) is 3.05. The molecule has 0 bridgehead atoms. The van der Waals surface area contributed by atoms with E-state index in [1.165, 1.54) is 12.1 Å². The van der Waals surface area contributed by atoms with Gasteiger partial charge in [-0.3, -0.25) is 4.79 Å². The molecular formula is C20H24FIN4O. The lowest BCUT2D eigenvalue weighted by Crippen LogP contribution is -2.40. The molecule has 0 saturated heterocycles. The average molecular weight is 482 g/mol. The number of hydrogen-bond donors (Lipinski definition) is 3. The van der Waals surface area contributed by atoms with Crippen molar-refractivity contribution >= 4 is 41.5 Å². The molecule has 1 unspecified atom stereocenters. The number of carbonyl (C=O) groups excluding carboxylic acids is 1. The third kappa shape index (κ3) is 5.92. The van der Waals surface area contributed by atoms with Gasteiger partial charge in [0.1, 0.15) is 5.82 Å². The lowest BCUT2D eigenvalue weighted by Gasteiger charge is -2.26. The van der Waals surface area contributed by atoms with Gasteiger partial charge in [0, 0.05) is 31.1 Å². The number of halogens is 2. The van der Waals surface area contributed by atoms with E-state index in [4.69, 9.17) is 0 Å². The van der Waals surface area contributed by atoms with E-state index in [9.17, 15) is 9.18 Å². The van der Waals surface area contributed by atoms with Crippen LogP contribution < -0.4 is 16.0 Å². The van der Waals surface area contributed by atoms with Crippen LogP contribution in [0.5, 0.6) is 0 Å². The Morgan fingerprint density at radius 1 is 1.22 bits per heavy atom. The molecule has 1 atom stereocenters. The summed E-state index contributed by atoms with van der Waals surface area (Å²) in [5.41, 5.74) is 2.81. The Balaban J connectivity index is 0.00000261. The molecule has 2 aromatic carbocycles. The highest BCUT2D eigenvalue weighted by Gasteiger charge is 2.24. The molecule has 0 spiro atoms. The molecule has 1 aliphatic heterocycles. The van der Waals surface area contributed by atoms with E-state index in [1.54, 1.807) is 6.07 Å². The van der Waals surface area contributed by atoms with Crippen molar-refractivity contribution in [3.05, 3.63) is 65.5 Å². The summed E-state index contributed by atoms with van der Waals surface area (Å²) in [5, 5.41) is 9.40. The highest BCUT2D eigenvalue weighted by atomic mass is 127. The lowest BCUT2D eigenvalue weighted by atomic mass is 9.90. The third-order valence-electron chi connectivity index (χ3n) is 4.28. The Morgan fingerprint density at radius 3 is 2.81 bits per heavy atom. The number of fused-ring (bicyclic) bond motifs is 1. The summed E-state index contributed by atoms with van der Waals surface area (Å²) in [6.07, 6.45) is 0.438. The van der Waals surface area contributed by atoms with Gasteiger partial charge in [-0.15, -0.1) is 24.0 Å². The summed E-state index contributed by atoms with van der Waals surface area (Å²) in [4.78, 5) is 16.4. The summed E-state index contributed by atoms with van der Waals surface area (Å²) in [6.45, 7) is 3.69. The smallest absolute Gasteiger partial charge is 0.225 e. The molecule has 27 heavy (non-hydrogen) atoms. The fraction of sp³-hybridized carbons (Fsp3) is 0.300. The standard InChI is InChI=1S/C20H23FN4O.HI/c1-2-22-20(23-12-14-6-5-7-16(21)10-14)24-13-15-11-19(26)25-18-9-4-3-8-17(15)18;/h3-10,15H,2,11-13H2,1H3,(H,25,26)(H2,22,23,24);1H. The zero-order chi connectivity index (χ0) is 18.4. The number of hydrogen-bond acceptors (Lipinski definition) is 2. The first-order valence-electron chi connectivity index (χ1n) is 8.81. The van der Waals surface area contributed by atoms with Gasteiger partial charge in [0.05, 0.1) is 6.54 Å². The van der Waals surface area contributed by atoms with Crippen molar-refractivity contribution in [1.29, 1.82) is 0 Å². The SMILES string of the molecule is CCNC(=NCc1cccc(F)c1)NCC1CC(=O)Nc2ccccc21.I. The molecule has 5 nitrogen and oxygen atoms in total. The van der Waals surface area contributed by atoms with E-state index in [1.807, 2.05) is 37.3 Å². The van der Waals surface area contributed by atoms with Crippen LogP contribution in [0.3, 0.4) is 0 Å². The van der Waals surface area contributed by atoms with Gasteiger partial charge in [0.2, 0.25) is 5.91 Å². The number of guanidine groups is 1. The van der Waals surface area contributed by atoms with Gasteiger partial charge in [0.25, 0.3) is 0 Å². The van der Waals surface area contributed by atoms with E-state index in [0.717, 1.165) is 23.4 Å². The Labute approximate surface area is 175 Å². The second kappa shape index (κ2) is 10.2. The molecule has 0 radical (unpaired) electrons. The van der Waals surface area contributed by atoms with Crippen molar-refractivity contribution in [2.24, 2.45) is 4.99 Å². The van der Waals surface area contributed by atoms with E-state index in [2.05, 4.69) is 20.9 Å².